The van der Waals surface area contributed by atoms with E-state index in [9.17, 15) is 16.8 Å². The molecule has 1 aromatic carbocycles. The molecular weight excluding hydrogens is 278 g/mol. The Kier molecular flexibility index (Phi) is 2.93. The third-order valence-electron chi connectivity index (χ3n) is 2.47. The van der Waals surface area contributed by atoms with E-state index in [0.29, 0.717) is 11.1 Å². The summed E-state index contributed by atoms with van der Waals surface area (Å²) in [6.07, 6.45) is 1.27. The molecule has 0 aromatic heterocycles. The lowest BCUT2D eigenvalue weighted by atomic mass is 10.1. The van der Waals surface area contributed by atoms with Crippen LogP contribution in [0.1, 0.15) is 16.5 Å². The van der Waals surface area contributed by atoms with E-state index in [-0.39, 0.29) is 5.03 Å². The summed E-state index contributed by atoms with van der Waals surface area (Å²) in [6, 6.07) is 6.42. The molecule has 2 rings (SSSR count). The lowest BCUT2D eigenvalue weighted by molar-refractivity contribution is 0.570. The molecule has 0 amide bonds. The second kappa shape index (κ2) is 4.05. The van der Waals surface area contributed by atoms with Crippen molar-refractivity contribution in [3.05, 3.63) is 40.4 Å². The van der Waals surface area contributed by atoms with E-state index in [1.54, 1.807) is 24.3 Å². The van der Waals surface area contributed by atoms with Gasteiger partial charge in [0.25, 0.3) is 10.0 Å². The third kappa shape index (κ3) is 2.38. The van der Waals surface area contributed by atoms with Crippen LogP contribution >= 0.6 is 0 Å². The Morgan fingerprint density at radius 1 is 1.06 bits per heavy atom. The van der Waals surface area contributed by atoms with Crippen molar-refractivity contribution in [3.63, 3.8) is 0 Å². The molecule has 18 heavy (non-hydrogen) atoms. The number of hydrogen-bond acceptors (Lipinski definition) is 5. The average molecular weight is 289 g/mol. The van der Waals surface area contributed by atoms with Crippen molar-refractivity contribution in [2.75, 3.05) is 0 Å². The monoisotopic (exact) mass is 289 g/mol. The normalized spacial score (nSPS) is 19.7. The van der Waals surface area contributed by atoms with Gasteiger partial charge in [0.05, 0.1) is 0 Å². The molecule has 1 atom stereocenters. The van der Waals surface area contributed by atoms with Crippen LogP contribution in [0.2, 0.25) is 0 Å². The van der Waals surface area contributed by atoms with Gasteiger partial charge in [-0.25, -0.2) is 27.1 Å². The predicted molar refractivity (Wildman–Crippen MR) is 66.5 cm³/mol. The van der Waals surface area contributed by atoms with Crippen LogP contribution < -0.4 is 15.6 Å². The van der Waals surface area contributed by atoms with Gasteiger partial charge < -0.3 is 5.32 Å². The molecule has 0 bridgehead atoms. The Balaban J connectivity index is 2.68. The highest BCUT2D eigenvalue weighted by Gasteiger charge is 2.32. The van der Waals surface area contributed by atoms with Gasteiger partial charge in [-0.1, -0.05) is 24.3 Å². The fourth-order valence-corrected chi connectivity index (χ4v) is 3.20. The van der Waals surface area contributed by atoms with Gasteiger partial charge in [0.15, 0.2) is 5.37 Å². The fourth-order valence-electron chi connectivity index (χ4n) is 1.69. The summed E-state index contributed by atoms with van der Waals surface area (Å²) in [7, 11) is -8.04. The zero-order valence-corrected chi connectivity index (χ0v) is 10.7. The molecule has 0 fully saturated rings. The SMILES string of the molecule is NS(=O)(=O)C1=Cc2ccccc2C(S(N)(=O)=O)N1. The highest BCUT2D eigenvalue weighted by atomic mass is 32.2. The van der Waals surface area contributed by atoms with Gasteiger partial charge in [-0.3, -0.25) is 0 Å². The molecule has 0 spiro atoms. The molecule has 1 heterocycles. The molecule has 7 nitrogen and oxygen atoms in total. The minimum Gasteiger partial charge on any atom is -0.354 e. The number of hydrogen-bond donors (Lipinski definition) is 3. The summed E-state index contributed by atoms with van der Waals surface area (Å²) >= 11 is 0. The molecule has 1 aromatic rings. The van der Waals surface area contributed by atoms with Gasteiger partial charge in [0.2, 0.25) is 10.0 Å². The molecule has 1 unspecified atom stereocenters. The zero-order chi connectivity index (χ0) is 13.6. The molecule has 5 N–H and O–H groups in total. The molecular formula is C9H11N3O4S2. The number of fused-ring (bicyclic) bond motifs is 1. The Labute approximate surface area is 105 Å². The molecule has 1 aliphatic rings. The van der Waals surface area contributed by atoms with E-state index >= 15 is 0 Å². The zero-order valence-electron chi connectivity index (χ0n) is 9.07. The molecule has 0 radical (unpaired) electrons. The van der Waals surface area contributed by atoms with Crippen LogP contribution in [-0.4, -0.2) is 16.8 Å². The Morgan fingerprint density at radius 2 is 1.67 bits per heavy atom. The molecule has 1 aliphatic heterocycles. The van der Waals surface area contributed by atoms with Crippen molar-refractivity contribution >= 4 is 26.1 Å². The van der Waals surface area contributed by atoms with E-state index < -0.39 is 25.4 Å². The van der Waals surface area contributed by atoms with Crippen molar-refractivity contribution in [2.45, 2.75) is 5.37 Å². The van der Waals surface area contributed by atoms with Gasteiger partial charge in [-0.2, -0.15) is 0 Å². The summed E-state index contributed by atoms with van der Waals surface area (Å²) in [5.74, 6) is 0. The first-order valence-corrected chi connectivity index (χ1v) is 7.97. The first-order valence-electron chi connectivity index (χ1n) is 4.81. The minimum absolute atomic E-state index is 0.375. The van der Waals surface area contributed by atoms with Gasteiger partial charge >= 0.3 is 0 Å². The van der Waals surface area contributed by atoms with Gasteiger partial charge in [0, 0.05) is 0 Å². The van der Waals surface area contributed by atoms with Gasteiger partial charge in [0.1, 0.15) is 5.03 Å². The second-order valence-electron chi connectivity index (χ2n) is 3.80. The van der Waals surface area contributed by atoms with Crippen molar-refractivity contribution in [1.82, 2.24) is 5.32 Å². The number of rotatable bonds is 2. The van der Waals surface area contributed by atoms with Crippen LogP contribution in [0.25, 0.3) is 6.08 Å². The van der Waals surface area contributed by atoms with Crippen LogP contribution in [0.3, 0.4) is 0 Å². The maximum Gasteiger partial charge on any atom is 0.253 e. The maximum absolute atomic E-state index is 11.5. The van der Waals surface area contributed by atoms with Crippen molar-refractivity contribution in [2.24, 2.45) is 10.3 Å². The van der Waals surface area contributed by atoms with E-state index in [4.69, 9.17) is 10.3 Å². The fraction of sp³-hybridized carbons (Fsp3) is 0.111. The Morgan fingerprint density at radius 3 is 2.22 bits per heavy atom. The highest BCUT2D eigenvalue weighted by Crippen LogP contribution is 2.29. The lowest BCUT2D eigenvalue weighted by Gasteiger charge is -2.25. The molecule has 0 aliphatic carbocycles. The van der Waals surface area contributed by atoms with Gasteiger partial charge in [-0.15, -0.1) is 0 Å². The summed E-state index contributed by atoms with van der Waals surface area (Å²) in [5.41, 5.74) is 0.826. The largest absolute Gasteiger partial charge is 0.354 e. The molecule has 98 valence electrons. The van der Waals surface area contributed by atoms with Crippen LogP contribution in [0.5, 0.6) is 0 Å². The summed E-state index contributed by atoms with van der Waals surface area (Å²) in [6.45, 7) is 0. The summed E-state index contributed by atoms with van der Waals surface area (Å²) in [4.78, 5) is 0. The third-order valence-corrected chi connectivity index (χ3v) is 4.35. The first kappa shape index (κ1) is 13.0. The number of primary sulfonamides is 2. The van der Waals surface area contributed by atoms with E-state index in [2.05, 4.69) is 5.32 Å². The second-order valence-corrected chi connectivity index (χ2v) is 6.98. The number of benzene rings is 1. The minimum atomic E-state index is -4.03. The van der Waals surface area contributed by atoms with Crippen LogP contribution in [-0.2, 0) is 20.0 Å². The Hall–Kier alpha value is -1.42. The molecule has 0 saturated carbocycles. The topological polar surface area (TPSA) is 132 Å². The van der Waals surface area contributed by atoms with E-state index in [1.807, 2.05) is 0 Å². The maximum atomic E-state index is 11.5. The number of nitrogens with one attached hydrogen (secondary N) is 1. The standard InChI is InChI=1S/C9H11N3O4S2/c10-17(13,14)8-5-6-3-1-2-4-7(6)9(12-8)18(11,15)16/h1-5,9,12H,(H2,10,13,14)(H2,11,15,16). The molecule has 9 heteroatoms. The Bertz CT molecular complexity index is 722. The van der Waals surface area contributed by atoms with Gasteiger partial charge in [-0.05, 0) is 17.2 Å². The van der Waals surface area contributed by atoms with Crippen LogP contribution in [0.15, 0.2) is 29.3 Å². The average Bonchev–Trinajstić information content (AvgIpc) is 2.25. The predicted octanol–water partition coefficient (Wildman–Crippen LogP) is -0.836. The number of nitrogens with two attached hydrogens (primary N) is 2. The number of sulfonamides is 2. The van der Waals surface area contributed by atoms with Crippen molar-refractivity contribution in [3.8, 4) is 0 Å². The smallest absolute Gasteiger partial charge is 0.253 e. The van der Waals surface area contributed by atoms with Crippen molar-refractivity contribution < 1.29 is 16.8 Å². The van der Waals surface area contributed by atoms with E-state index in [0.717, 1.165) is 0 Å². The first-order chi connectivity index (χ1) is 8.19. The summed E-state index contributed by atoms with van der Waals surface area (Å²) < 4.78 is 45.5. The molecule has 0 saturated heterocycles. The lowest BCUT2D eigenvalue weighted by Crippen LogP contribution is -2.39. The summed E-state index contributed by atoms with van der Waals surface area (Å²) in [5, 5.41) is 10.7. The quantitative estimate of drug-likeness (QED) is 0.653. The highest BCUT2D eigenvalue weighted by molar-refractivity contribution is 7.93. The van der Waals surface area contributed by atoms with Crippen LogP contribution in [0, 0.1) is 0 Å². The van der Waals surface area contributed by atoms with Crippen LogP contribution in [0.4, 0.5) is 0 Å². The van der Waals surface area contributed by atoms with Crippen molar-refractivity contribution in [1.29, 1.82) is 0 Å². The van der Waals surface area contributed by atoms with E-state index in [1.165, 1.54) is 6.08 Å².